The molecule has 88 valence electrons. The number of H-pyrrole nitrogens is 1. The second kappa shape index (κ2) is 3.88. The average Bonchev–Trinajstić information content (AvgIpc) is 2.65. The van der Waals surface area contributed by atoms with Gasteiger partial charge in [0.15, 0.2) is 0 Å². The van der Waals surface area contributed by atoms with Gasteiger partial charge in [0.25, 0.3) is 5.56 Å². The summed E-state index contributed by atoms with van der Waals surface area (Å²) in [5.41, 5.74) is -0.595. The lowest BCUT2D eigenvalue weighted by atomic mass is 10.2. The van der Waals surface area contributed by atoms with Crippen LogP contribution in [0.2, 0.25) is 0 Å². The van der Waals surface area contributed by atoms with Crippen molar-refractivity contribution in [3.05, 3.63) is 32.6 Å². The lowest BCUT2D eigenvalue weighted by molar-refractivity contribution is -0.0102. The summed E-state index contributed by atoms with van der Waals surface area (Å²) in [5.74, 6) is 0. The van der Waals surface area contributed by atoms with Crippen LogP contribution in [-0.4, -0.2) is 26.9 Å². The molecule has 0 bridgehead atoms. The van der Waals surface area contributed by atoms with Gasteiger partial charge in [-0.05, 0) is 13.8 Å². The first-order chi connectivity index (χ1) is 8.02. The van der Waals surface area contributed by atoms with Crippen LogP contribution in [0, 0.1) is 6.92 Å². The van der Waals surface area contributed by atoms with Gasteiger partial charge >= 0.3 is 5.69 Å². The van der Waals surface area contributed by atoms with Crippen molar-refractivity contribution < 1.29 is 11.2 Å². The first-order valence-corrected chi connectivity index (χ1v) is 4.97. The van der Waals surface area contributed by atoms with Gasteiger partial charge in [0.2, 0.25) is 0 Å². The third kappa shape index (κ3) is 1.81. The number of hydrogen-bond acceptors (Lipinski definition) is 4. The first kappa shape index (κ1) is 9.80. The van der Waals surface area contributed by atoms with E-state index in [0.717, 1.165) is 0 Å². The smallest absolute Gasteiger partial charge is 0.330 e. The molecule has 2 heterocycles. The van der Waals surface area contributed by atoms with Crippen molar-refractivity contribution in [3.8, 4) is 0 Å². The van der Waals surface area contributed by atoms with Gasteiger partial charge in [0, 0.05) is 19.6 Å². The predicted octanol–water partition coefficient (Wildman–Crippen LogP) is -0.487. The normalized spacial score (nSPS) is 30.4. The molecule has 1 unspecified atom stereocenters. The molecule has 1 aromatic heterocycles. The van der Waals surface area contributed by atoms with E-state index in [0.29, 0.717) is 5.56 Å². The molecule has 1 fully saturated rings. The number of nitrogens with one attached hydrogen (secondary N) is 1. The molecule has 6 heteroatoms. The molecule has 0 aliphatic carbocycles. The Hall–Kier alpha value is -1.40. The minimum Gasteiger partial charge on any atom is -0.390 e. The fourth-order valence-corrected chi connectivity index (χ4v) is 1.69. The lowest BCUT2D eigenvalue weighted by Gasteiger charge is -2.13. The Bertz CT molecular complexity index is 524. The molecule has 2 N–H and O–H groups in total. The number of aromatic nitrogens is 2. The van der Waals surface area contributed by atoms with E-state index in [1.807, 2.05) is 0 Å². The molecular formula is C10H14N2O4. The maximum atomic E-state index is 11.6. The van der Waals surface area contributed by atoms with E-state index in [1.54, 1.807) is 6.92 Å². The molecule has 0 amide bonds. The zero-order valence-electron chi connectivity index (χ0n) is 9.84. The highest BCUT2D eigenvalue weighted by Crippen LogP contribution is 2.26. The van der Waals surface area contributed by atoms with Gasteiger partial charge in [-0.25, -0.2) is 4.79 Å². The van der Waals surface area contributed by atoms with E-state index in [-0.39, 0.29) is 13.3 Å². The Kier molecular flexibility index (Phi) is 2.37. The van der Waals surface area contributed by atoms with Crippen LogP contribution < -0.4 is 11.2 Å². The summed E-state index contributed by atoms with van der Waals surface area (Å²) >= 11 is 0. The van der Waals surface area contributed by atoms with Crippen LogP contribution in [0.3, 0.4) is 0 Å². The largest absolute Gasteiger partial charge is 0.390 e. The van der Waals surface area contributed by atoms with Crippen LogP contribution in [0.5, 0.6) is 0 Å². The third-order valence-corrected chi connectivity index (χ3v) is 2.66. The number of aliphatic hydroxyl groups excluding tert-OH is 1. The average molecular weight is 227 g/mol. The summed E-state index contributed by atoms with van der Waals surface area (Å²) < 4.78 is 13.8. The number of ether oxygens (including phenoxy) is 1. The summed E-state index contributed by atoms with van der Waals surface area (Å²) in [6.07, 6.45) is -0.307. The first-order valence-electron chi connectivity index (χ1n) is 5.68. The van der Waals surface area contributed by atoms with Crippen LogP contribution in [0.4, 0.5) is 0 Å². The number of aromatic amines is 1. The highest BCUT2D eigenvalue weighted by Gasteiger charge is 2.32. The van der Waals surface area contributed by atoms with Crippen molar-refractivity contribution in [1.29, 1.82) is 0 Å². The van der Waals surface area contributed by atoms with Crippen molar-refractivity contribution in [1.82, 2.24) is 9.55 Å². The lowest BCUT2D eigenvalue weighted by Crippen LogP contribution is -2.33. The second-order valence-electron chi connectivity index (χ2n) is 3.91. The molecule has 0 radical (unpaired) electrons. The fraction of sp³-hybridized carbons (Fsp3) is 0.600. The molecule has 1 saturated heterocycles. The van der Waals surface area contributed by atoms with Crippen molar-refractivity contribution in [2.24, 2.45) is 0 Å². The van der Waals surface area contributed by atoms with Gasteiger partial charge in [-0.1, -0.05) is 0 Å². The van der Waals surface area contributed by atoms with E-state index >= 15 is 0 Å². The Labute approximate surface area is 92.9 Å². The van der Waals surface area contributed by atoms with Gasteiger partial charge in [0.05, 0.1) is 12.2 Å². The van der Waals surface area contributed by atoms with Crippen LogP contribution in [-0.2, 0) is 4.74 Å². The van der Waals surface area contributed by atoms with Crippen molar-refractivity contribution in [2.45, 2.75) is 38.7 Å². The van der Waals surface area contributed by atoms with E-state index in [2.05, 4.69) is 4.98 Å². The maximum Gasteiger partial charge on any atom is 0.330 e. The molecule has 0 saturated carbocycles. The van der Waals surface area contributed by atoms with Gasteiger partial charge < -0.3 is 9.84 Å². The van der Waals surface area contributed by atoms with Gasteiger partial charge in [-0.3, -0.25) is 14.3 Å². The summed E-state index contributed by atoms with van der Waals surface area (Å²) in [6, 6.07) is 0. The summed E-state index contributed by atoms with van der Waals surface area (Å²) in [5, 5.41) is 9.60. The molecule has 0 aromatic carbocycles. The SMILES string of the molecule is [2H]C[C@H]1O[C@@H](n2cc(C)c(=O)[nH]c2=O)CC1O. The number of aryl methyl sites for hydroxylation is 1. The van der Waals surface area contributed by atoms with E-state index in [1.165, 1.54) is 10.8 Å². The van der Waals surface area contributed by atoms with Crippen LogP contribution in [0.25, 0.3) is 0 Å². The minimum atomic E-state index is -0.753. The van der Waals surface area contributed by atoms with Crippen LogP contribution >= 0.6 is 0 Å². The quantitative estimate of drug-likeness (QED) is 0.678. The molecular weight excluding hydrogens is 212 g/mol. The summed E-state index contributed by atoms with van der Waals surface area (Å²) in [4.78, 5) is 25.0. The topological polar surface area (TPSA) is 84.3 Å². The Balaban J connectivity index is 2.34. The number of nitrogens with zero attached hydrogens (tertiary/aromatic N) is 1. The standard InChI is InChI=1S/C10H14N2O4/c1-5-4-12(10(15)11-9(5)14)8-3-7(13)6(2)16-8/h4,6-8,13H,3H2,1-2H3,(H,11,14,15)/t6-,7?,8-/m1/s1/i2D. The van der Waals surface area contributed by atoms with Gasteiger partial charge in [-0.15, -0.1) is 0 Å². The van der Waals surface area contributed by atoms with E-state index in [4.69, 9.17) is 6.11 Å². The zero-order chi connectivity index (χ0) is 12.6. The highest BCUT2D eigenvalue weighted by atomic mass is 16.5. The Morgan fingerprint density at radius 2 is 2.44 bits per heavy atom. The molecule has 3 atom stereocenters. The minimum absolute atomic E-state index is 0.0608. The number of aliphatic hydroxyl groups is 1. The molecule has 1 aromatic rings. The highest BCUT2D eigenvalue weighted by molar-refractivity contribution is 5.01. The molecule has 6 nitrogen and oxygen atoms in total. The zero-order valence-corrected chi connectivity index (χ0v) is 8.84. The molecule has 1 aliphatic rings. The van der Waals surface area contributed by atoms with Crippen molar-refractivity contribution >= 4 is 0 Å². The van der Waals surface area contributed by atoms with Gasteiger partial charge in [-0.2, -0.15) is 0 Å². The molecule has 16 heavy (non-hydrogen) atoms. The van der Waals surface area contributed by atoms with Gasteiger partial charge in [0.1, 0.15) is 6.23 Å². The molecule has 0 spiro atoms. The van der Waals surface area contributed by atoms with Crippen molar-refractivity contribution in [2.75, 3.05) is 0 Å². The van der Waals surface area contributed by atoms with E-state index < -0.39 is 29.7 Å². The van der Waals surface area contributed by atoms with Crippen LogP contribution in [0.15, 0.2) is 15.8 Å². The number of hydrogen-bond donors (Lipinski definition) is 2. The third-order valence-electron chi connectivity index (χ3n) is 2.66. The summed E-state index contributed by atoms with van der Waals surface area (Å²) in [6.45, 7) is 1.52. The second-order valence-corrected chi connectivity index (χ2v) is 3.91. The maximum absolute atomic E-state index is 11.6. The Morgan fingerprint density at radius 1 is 1.69 bits per heavy atom. The van der Waals surface area contributed by atoms with Crippen molar-refractivity contribution in [3.63, 3.8) is 0 Å². The number of rotatable bonds is 1. The molecule has 1 aliphatic heterocycles. The molecule has 2 rings (SSSR count). The fourth-order valence-electron chi connectivity index (χ4n) is 1.69. The van der Waals surface area contributed by atoms with E-state index in [9.17, 15) is 14.7 Å². The summed E-state index contributed by atoms with van der Waals surface area (Å²) in [7, 11) is 0. The van der Waals surface area contributed by atoms with Crippen LogP contribution in [0.1, 0.15) is 26.5 Å². The monoisotopic (exact) mass is 227 g/mol. The predicted molar refractivity (Wildman–Crippen MR) is 56.3 cm³/mol. The Morgan fingerprint density at radius 3 is 3.06 bits per heavy atom.